The zero-order valence-corrected chi connectivity index (χ0v) is 23.6. The first-order valence-electron chi connectivity index (χ1n) is 13.9. The number of carbonyl (C=O) groups excluding carboxylic acids is 3. The van der Waals surface area contributed by atoms with Gasteiger partial charge in [0.05, 0.1) is 18.9 Å². The number of hydrogen-bond acceptors (Lipinski definition) is 8. The number of nitrogens with one attached hydrogen (secondary N) is 1. The van der Waals surface area contributed by atoms with Gasteiger partial charge in [-0.3, -0.25) is 14.5 Å². The van der Waals surface area contributed by atoms with Crippen LogP contribution in [0.15, 0.2) is 102 Å². The Morgan fingerprint density at radius 1 is 0.881 bits per heavy atom. The molecule has 2 saturated heterocycles. The van der Waals surface area contributed by atoms with Crippen LogP contribution in [0.2, 0.25) is 0 Å². The summed E-state index contributed by atoms with van der Waals surface area (Å²) in [6.07, 6.45) is -2.10. The Morgan fingerprint density at radius 3 is 2.00 bits per heavy atom. The van der Waals surface area contributed by atoms with E-state index < -0.39 is 41.4 Å². The topological polar surface area (TPSA) is 108 Å². The van der Waals surface area contributed by atoms with Gasteiger partial charge >= 0.3 is 5.97 Å². The summed E-state index contributed by atoms with van der Waals surface area (Å²) in [4.78, 5) is 44.1. The van der Waals surface area contributed by atoms with Gasteiger partial charge < -0.3 is 24.8 Å². The molecule has 3 aromatic carbocycles. The molecule has 0 saturated carbocycles. The summed E-state index contributed by atoms with van der Waals surface area (Å²) in [6, 6.07) is 26.6. The van der Waals surface area contributed by atoms with Crippen molar-refractivity contribution in [3.8, 4) is 0 Å². The summed E-state index contributed by atoms with van der Waals surface area (Å²) in [5.74, 6) is -1.25. The highest BCUT2D eigenvalue weighted by Gasteiger charge is 2.55. The highest BCUT2D eigenvalue weighted by Crippen LogP contribution is 2.42. The molecule has 9 nitrogen and oxygen atoms in total. The molecule has 0 spiro atoms. The Kier molecular flexibility index (Phi) is 8.27. The van der Waals surface area contributed by atoms with E-state index in [1.54, 1.807) is 30.3 Å². The molecule has 2 N–H and O–H groups in total. The molecule has 0 aliphatic carbocycles. The van der Waals surface area contributed by atoms with E-state index in [2.05, 4.69) is 10.2 Å². The summed E-state index contributed by atoms with van der Waals surface area (Å²) in [5.41, 5.74) is 2.95. The molecule has 2 amide bonds. The molecule has 216 valence electrons. The molecule has 6 rings (SSSR count). The Hall–Kier alpha value is -4.12. The van der Waals surface area contributed by atoms with E-state index in [0.29, 0.717) is 43.3 Å². The van der Waals surface area contributed by atoms with E-state index in [1.165, 1.54) is 16.7 Å². The number of hydrogen-bond donors (Lipinski definition) is 2. The van der Waals surface area contributed by atoms with Gasteiger partial charge in [-0.25, -0.2) is 4.79 Å². The Morgan fingerprint density at radius 2 is 1.43 bits per heavy atom. The number of morpholine rings is 1. The van der Waals surface area contributed by atoms with Crippen molar-refractivity contribution >= 4 is 29.5 Å². The van der Waals surface area contributed by atoms with Gasteiger partial charge in [0, 0.05) is 18.8 Å². The van der Waals surface area contributed by atoms with Crippen molar-refractivity contribution in [1.29, 1.82) is 0 Å². The number of benzene rings is 3. The maximum atomic E-state index is 14.1. The van der Waals surface area contributed by atoms with E-state index in [1.807, 2.05) is 60.7 Å². The Balaban J connectivity index is 1.28. The van der Waals surface area contributed by atoms with Crippen LogP contribution in [-0.4, -0.2) is 76.2 Å². The molecule has 3 aliphatic heterocycles. The maximum Gasteiger partial charge on any atom is 0.357 e. The molecule has 3 atom stereocenters. The van der Waals surface area contributed by atoms with Gasteiger partial charge in [-0.15, -0.1) is 11.8 Å². The molecule has 0 aromatic heterocycles. The van der Waals surface area contributed by atoms with Crippen LogP contribution in [0.25, 0.3) is 0 Å². The third-order valence-electron chi connectivity index (χ3n) is 7.63. The summed E-state index contributed by atoms with van der Waals surface area (Å²) in [6.45, 7) is 2.20. The molecular weight excluding hydrogens is 554 g/mol. The minimum absolute atomic E-state index is 0.191. The molecule has 2 unspecified atom stereocenters. The van der Waals surface area contributed by atoms with Gasteiger partial charge in [-0.1, -0.05) is 91.0 Å². The van der Waals surface area contributed by atoms with Crippen molar-refractivity contribution in [2.75, 3.05) is 32.1 Å². The fourth-order valence-electron chi connectivity index (χ4n) is 5.43. The van der Waals surface area contributed by atoms with E-state index >= 15 is 0 Å². The first kappa shape index (κ1) is 28.0. The van der Waals surface area contributed by atoms with Crippen LogP contribution in [0.5, 0.6) is 0 Å². The molecule has 0 bridgehead atoms. The van der Waals surface area contributed by atoms with Crippen molar-refractivity contribution in [2.45, 2.75) is 23.6 Å². The average molecular weight is 586 g/mol. The lowest BCUT2D eigenvalue weighted by Crippen LogP contribution is -2.71. The van der Waals surface area contributed by atoms with Gasteiger partial charge in [0.25, 0.3) is 11.8 Å². The second kappa shape index (κ2) is 12.4. The Labute approximate surface area is 248 Å². The summed E-state index contributed by atoms with van der Waals surface area (Å²) < 4.78 is 11.7. The average Bonchev–Trinajstić information content (AvgIpc) is 3.06. The summed E-state index contributed by atoms with van der Waals surface area (Å²) >= 11 is 1.47. The zero-order valence-electron chi connectivity index (χ0n) is 22.8. The SMILES string of the molecule is O=C(OC(c1ccccc1)c1ccccc1)C1=C(N2CCOCC2)CS[C@H]2C(NC(=O)C(O)c3ccccc3)C(=O)N12. The number of nitrogens with zero attached hydrogens (tertiary/aromatic N) is 2. The minimum atomic E-state index is -1.41. The lowest BCUT2D eigenvalue weighted by atomic mass is 10.0. The maximum absolute atomic E-state index is 14.1. The number of esters is 1. The van der Waals surface area contributed by atoms with Crippen LogP contribution >= 0.6 is 11.8 Å². The normalized spacial score (nSPS) is 21.0. The van der Waals surface area contributed by atoms with Crippen LogP contribution in [0.3, 0.4) is 0 Å². The van der Waals surface area contributed by atoms with Gasteiger partial charge in [-0.05, 0) is 16.7 Å². The minimum Gasteiger partial charge on any atom is -0.448 e. The lowest BCUT2D eigenvalue weighted by molar-refractivity contribution is -0.155. The van der Waals surface area contributed by atoms with Crippen molar-refractivity contribution < 1.29 is 29.0 Å². The number of ether oxygens (including phenoxy) is 2. The molecule has 2 fully saturated rings. The second-order valence-corrected chi connectivity index (χ2v) is 11.3. The van der Waals surface area contributed by atoms with Crippen LogP contribution < -0.4 is 5.32 Å². The van der Waals surface area contributed by atoms with Crippen molar-refractivity contribution in [2.24, 2.45) is 0 Å². The van der Waals surface area contributed by atoms with Gasteiger partial charge in [0.2, 0.25) is 0 Å². The standard InChI is InChI=1S/C32H31N3O6S/c36-27(21-10-4-1-5-11-21)29(37)33-25-30(38)35-26(24(20-42-31(25)35)34-16-18-40-19-17-34)32(39)41-28(22-12-6-2-7-13-22)23-14-8-3-9-15-23/h1-15,25,27-28,31,36H,16-20H2,(H,33,37)/t25?,27?,31-/m0/s1. The fraction of sp³-hybridized carbons (Fsp3) is 0.281. The van der Waals surface area contributed by atoms with Crippen molar-refractivity contribution in [3.05, 3.63) is 119 Å². The van der Waals surface area contributed by atoms with E-state index in [4.69, 9.17) is 9.47 Å². The Bertz CT molecular complexity index is 1420. The van der Waals surface area contributed by atoms with Gasteiger partial charge in [0.1, 0.15) is 11.4 Å². The highest BCUT2D eigenvalue weighted by molar-refractivity contribution is 8.00. The second-order valence-electron chi connectivity index (χ2n) is 10.2. The molecular formula is C32H31N3O6S. The number of rotatable bonds is 8. The lowest BCUT2D eigenvalue weighted by Gasteiger charge is -2.51. The number of amides is 2. The highest BCUT2D eigenvalue weighted by atomic mass is 32.2. The molecule has 3 aliphatic rings. The number of aliphatic hydroxyl groups is 1. The monoisotopic (exact) mass is 585 g/mol. The van der Waals surface area contributed by atoms with E-state index in [-0.39, 0.29) is 5.70 Å². The number of aliphatic hydroxyl groups excluding tert-OH is 1. The van der Waals surface area contributed by atoms with Crippen LogP contribution in [0.1, 0.15) is 28.9 Å². The van der Waals surface area contributed by atoms with Crippen LogP contribution in [0, 0.1) is 0 Å². The molecule has 3 aromatic rings. The summed E-state index contributed by atoms with van der Waals surface area (Å²) in [5, 5.41) is 12.8. The predicted molar refractivity (Wildman–Crippen MR) is 157 cm³/mol. The summed E-state index contributed by atoms with van der Waals surface area (Å²) in [7, 11) is 0. The van der Waals surface area contributed by atoms with E-state index in [0.717, 1.165) is 11.1 Å². The first-order valence-corrected chi connectivity index (χ1v) is 14.9. The number of β-lactam (4-membered cyclic amide) rings is 1. The molecule has 42 heavy (non-hydrogen) atoms. The van der Waals surface area contributed by atoms with E-state index in [9.17, 15) is 19.5 Å². The van der Waals surface area contributed by atoms with Gasteiger partial charge in [0.15, 0.2) is 17.9 Å². The zero-order chi connectivity index (χ0) is 29.1. The largest absolute Gasteiger partial charge is 0.448 e. The van der Waals surface area contributed by atoms with Crippen molar-refractivity contribution in [1.82, 2.24) is 15.1 Å². The molecule has 10 heteroatoms. The third-order valence-corrected chi connectivity index (χ3v) is 8.89. The number of carbonyl (C=O) groups is 3. The van der Waals surface area contributed by atoms with Crippen molar-refractivity contribution in [3.63, 3.8) is 0 Å². The number of thioether (sulfide) groups is 1. The molecule has 3 heterocycles. The predicted octanol–water partition coefficient (Wildman–Crippen LogP) is 3.00. The third kappa shape index (κ3) is 5.53. The smallest absolute Gasteiger partial charge is 0.357 e. The van der Waals surface area contributed by atoms with Crippen LogP contribution in [-0.2, 0) is 23.9 Å². The van der Waals surface area contributed by atoms with Gasteiger partial charge in [-0.2, -0.15) is 0 Å². The fourth-order valence-corrected chi connectivity index (χ4v) is 6.82. The molecule has 0 radical (unpaired) electrons. The number of fused-ring (bicyclic) bond motifs is 1. The first-order chi connectivity index (χ1) is 20.5. The van der Waals surface area contributed by atoms with Crippen LogP contribution in [0.4, 0.5) is 0 Å². The quantitative estimate of drug-likeness (QED) is 0.307.